The van der Waals surface area contributed by atoms with Crippen molar-refractivity contribution in [3.8, 4) is 5.75 Å². The number of nitrogens with one attached hydrogen (secondary N) is 2. The number of hydrogen-bond acceptors (Lipinski definition) is 7. The highest BCUT2D eigenvalue weighted by molar-refractivity contribution is 7.90. The van der Waals surface area contributed by atoms with Gasteiger partial charge in [0, 0.05) is 55.4 Å². The summed E-state index contributed by atoms with van der Waals surface area (Å²) in [5.74, 6) is -2.10. The van der Waals surface area contributed by atoms with E-state index in [1.54, 1.807) is 0 Å². The van der Waals surface area contributed by atoms with Gasteiger partial charge in [0.15, 0.2) is 17.4 Å². The van der Waals surface area contributed by atoms with Gasteiger partial charge in [0.2, 0.25) is 0 Å². The Morgan fingerprint density at radius 1 is 1.05 bits per heavy atom. The number of hydrogen-bond donors (Lipinski definition) is 2. The monoisotopic (exact) mass is 630 g/mol. The summed E-state index contributed by atoms with van der Waals surface area (Å²) >= 11 is 0. The first kappa shape index (κ1) is 35.6. The van der Waals surface area contributed by atoms with E-state index >= 15 is 8.78 Å². The van der Waals surface area contributed by atoms with Crippen LogP contribution < -0.4 is 19.8 Å². The topological polar surface area (TPSA) is 121 Å². The standard InChI is InChI=1S/C27H34F2N4O6S.C3H8.3H2/c1-6-11-33(12-7-2)16-20-18-14-21(28)24(39-27(35)32(4)5)15-23(18)38-26(34)19(20)13-17-9-8-10-22(25(17)29)31-40(36,37)30-3;1-3-2;;;/h8-10,14-15,30-31H,6-7,11-13,16H2,1-5H3;3H2,1-2H3;3*1H. The fraction of sp³-hybridized carbons (Fsp3) is 0.467. The fourth-order valence-corrected chi connectivity index (χ4v) is 4.78. The number of ether oxygens (including phenoxy) is 1. The lowest BCUT2D eigenvalue weighted by Gasteiger charge is -2.23. The van der Waals surface area contributed by atoms with Gasteiger partial charge in [-0.05, 0) is 49.2 Å². The number of rotatable bonds is 12. The van der Waals surface area contributed by atoms with Gasteiger partial charge in [0.1, 0.15) is 5.58 Å². The number of benzene rings is 2. The molecule has 0 fully saturated rings. The number of carbonyl (C=O) groups excluding carboxylic acids is 1. The summed E-state index contributed by atoms with van der Waals surface area (Å²) in [6.45, 7) is 9.93. The Labute approximate surface area is 256 Å². The van der Waals surface area contributed by atoms with Gasteiger partial charge in [-0.15, -0.1) is 0 Å². The zero-order valence-electron chi connectivity index (χ0n) is 25.8. The van der Waals surface area contributed by atoms with Crippen LogP contribution in [0.1, 0.15) is 67.9 Å². The third-order valence-corrected chi connectivity index (χ3v) is 7.18. The highest BCUT2D eigenvalue weighted by Gasteiger charge is 2.23. The highest BCUT2D eigenvalue weighted by Crippen LogP contribution is 2.31. The van der Waals surface area contributed by atoms with E-state index in [0.717, 1.165) is 29.9 Å². The molecule has 2 aromatic carbocycles. The lowest BCUT2D eigenvalue weighted by molar-refractivity contribution is 0.170. The van der Waals surface area contributed by atoms with Crippen LogP contribution in [0.25, 0.3) is 11.0 Å². The third kappa shape index (κ3) is 9.73. The first-order chi connectivity index (χ1) is 20.3. The average Bonchev–Trinajstić information content (AvgIpc) is 2.94. The van der Waals surface area contributed by atoms with Gasteiger partial charge < -0.3 is 14.1 Å². The van der Waals surface area contributed by atoms with E-state index in [2.05, 4.69) is 28.2 Å². The van der Waals surface area contributed by atoms with E-state index in [4.69, 9.17) is 9.15 Å². The Morgan fingerprint density at radius 2 is 1.67 bits per heavy atom. The molecule has 3 aromatic rings. The fourth-order valence-electron chi connectivity index (χ4n) is 4.23. The summed E-state index contributed by atoms with van der Waals surface area (Å²) in [6.07, 6.45) is 1.87. The lowest BCUT2D eigenvalue weighted by atomic mass is 9.97. The molecule has 1 aromatic heterocycles. The first-order valence-corrected chi connectivity index (χ1v) is 15.7. The van der Waals surface area contributed by atoms with Crippen LogP contribution in [0.2, 0.25) is 0 Å². The summed E-state index contributed by atoms with van der Waals surface area (Å²) in [4.78, 5) is 28.5. The molecule has 0 saturated carbocycles. The third-order valence-electron chi connectivity index (χ3n) is 6.16. The van der Waals surface area contributed by atoms with Crippen molar-refractivity contribution in [1.82, 2.24) is 14.5 Å². The second-order valence-electron chi connectivity index (χ2n) is 10.1. The van der Waals surface area contributed by atoms with Crippen molar-refractivity contribution in [2.45, 2.75) is 59.9 Å². The number of fused-ring (bicyclic) bond motifs is 1. The van der Waals surface area contributed by atoms with E-state index in [-0.39, 0.29) is 45.0 Å². The minimum Gasteiger partial charge on any atom is -0.422 e. The quantitative estimate of drug-likeness (QED) is 0.223. The molecule has 0 aliphatic rings. The normalized spacial score (nSPS) is 11.3. The zero-order valence-corrected chi connectivity index (χ0v) is 26.7. The van der Waals surface area contributed by atoms with Crippen LogP contribution in [0.15, 0.2) is 39.5 Å². The van der Waals surface area contributed by atoms with Gasteiger partial charge >= 0.3 is 11.7 Å². The molecular weight excluding hydrogens is 582 g/mol. The van der Waals surface area contributed by atoms with Crippen molar-refractivity contribution in [3.05, 3.63) is 69.1 Å². The van der Waals surface area contributed by atoms with Crippen molar-refractivity contribution in [3.63, 3.8) is 0 Å². The molecule has 1 heterocycles. The molecule has 244 valence electrons. The minimum absolute atomic E-state index is 0. The Kier molecular flexibility index (Phi) is 13.5. The Morgan fingerprint density at radius 3 is 2.23 bits per heavy atom. The number of halogens is 2. The van der Waals surface area contributed by atoms with E-state index in [1.165, 1.54) is 45.8 Å². The smallest absolute Gasteiger partial charge is 0.414 e. The maximum atomic E-state index is 15.4. The summed E-state index contributed by atoms with van der Waals surface area (Å²) in [6, 6.07) is 6.44. The molecule has 13 heteroatoms. The SMILES string of the molecule is CCC.CCCN(CCC)Cc1c(Cc2cccc(NS(=O)(=O)NC)c2F)c(=O)oc2cc(OC(=O)N(C)C)c(F)cc12.[HH].[HH].[HH]. The van der Waals surface area contributed by atoms with Gasteiger partial charge in [-0.1, -0.05) is 46.2 Å². The average molecular weight is 631 g/mol. The second-order valence-corrected chi connectivity index (χ2v) is 11.8. The molecule has 43 heavy (non-hydrogen) atoms. The van der Waals surface area contributed by atoms with E-state index in [1.807, 2.05) is 13.8 Å². The predicted molar refractivity (Wildman–Crippen MR) is 171 cm³/mol. The van der Waals surface area contributed by atoms with Crippen molar-refractivity contribution >= 4 is 33.0 Å². The minimum atomic E-state index is -3.99. The maximum absolute atomic E-state index is 15.4. The van der Waals surface area contributed by atoms with Crippen LogP contribution in [0.3, 0.4) is 0 Å². The number of amides is 1. The Bertz CT molecular complexity index is 1570. The molecule has 0 unspecified atom stereocenters. The Balaban J connectivity index is 0. The Hall–Kier alpha value is -3.55. The van der Waals surface area contributed by atoms with Gasteiger partial charge in [0.25, 0.3) is 10.2 Å². The van der Waals surface area contributed by atoms with Crippen LogP contribution in [0.5, 0.6) is 5.75 Å². The van der Waals surface area contributed by atoms with Crippen LogP contribution >= 0.6 is 0 Å². The number of anilines is 1. The van der Waals surface area contributed by atoms with E-state index in [0.29, 0.717) is 18.7 Å². The van der Waals surface area contributed by atoms with Crippen molar-refractivity contribution in [2.75, 3.05) is 39.0 Å². The maximum Gasteiger partial charge on any atom is 0.414 e. The first-order valence-electron chi connectivity index (χ1n) is 14.2. The van der Waals surface area contributed by atoms with E-state index in [9.17, 15) is 18.0 Å². The number of nitrogens with zero attached hydrogens (tertiary/aromatic N) is 2. The van der Waals surface area contributed by atoms with Crippen molar-refractivity contribution in [2.24, 2.45) is 0 Å². The molecular formula is C30H48F2N4O6S. The van der Waals surface area contributed by atoms with Crippen molar-refractivity contribution in [1.29, 1.82) is 0 Å². The summed E-state index contributed by atoms with van der Waals surface area (Å²) in [5, 5.41) is 0.279. The van der Waals surface area contributed by atoms with Gasteiger partial charge in [-0.25, -0.2) is 23.1 Å². The predicted octanol–water partition coefficient (Wildman–Crippen LogP) is 6.37. The zero-order chi connectivity index (χ0) is 32.3. The molecule has 1 amide bonds. The van der Waals surface area contributed by atoms with Gasteiger partial charge in [0.05, 0.1) is 5.69 Å². The molecule has 0 saturated heterocycles. The lowest BCUT2D eigenvalue weighted by Crippen LogP contribution is -2.28. The molecule has 0 aliphatic carbocycles. The molecule has 0 radical (unpaired) electrons. The van der Waals surface area contributed by atoms with Gasteiger partial charge in [-0.3, -0.25) is 9.62 Å². The van der Waals surface area contributed by atoms with Crippen LogP contribution in [0, 0.1) is 11.6 Å². The summed E-state index contributed by atoms with van der Waals surface area (Å²) in [7, 11) is 0.0810. The van der Waals surface area contributed by atoms with Gasteiger partial charge in [-0.2, -0.15) is 8.42 Å². The van der Waals surface area contributed by atoms with E-state index < -0.39 is 39.3 Å². The van der Waals surface area contributed by atoms with Crippen molar-refractivity contribution < 1.29 is 35.4 Å². The second kappa shape index (κ2) is 16.3. The molecule has 0 spiro atoms. The molecule has 10 nitrogen and oxygen atoms in total. The molecule has 0 atom stereocenters. The van der Waals surface area contributed by atoms with Crippen LogP contribution in [0.4, 0.5) is 19.3 Å². The molecule has 0 aliphatic heterocycles. The molecule has 0 bridgehead atoms. The number of carbonyl (C=O) groups is 1. The summed E-state index contributed by atoms with van der Waals surface area (Å²) < 4.78 is 69.2. The van der Waals surface area contributed by atoms with Crippen LogP contribution in [-0.4, -0.2) is 58.5 Å². The highest BCUT2D eigenvalue weighted by atomic mass is 32.2. The summed E-state index contributed by atoms with van der Waals surface area (Å²) in [5.41, 5.74) is -0.467. The largest absolute Gasteiger partial charge is 0.422 e. The van der Waals surface area contributed by atoms with Crippen LogP contribution in [-0.2, 0) is 23.2 Å². The molecule has 3 rings (SSSR count). The molecule has 2 N–H and O–H groups in total.